The molecule has 0 amide bonds. The average Bonchev–Trinajstić information content (AvgIpc) is 1.81. The molecular formula is C5H9NO2. The smallest absolute Gasteiger partial charge is 0.144 e. The van der Waals surface area contributed by atoms with Gasteiger partial charge in [0.05, 0.1) is 6.61 Å². The van der Waals surface area contributed by atoms with E-state index in [1.807, 2.05) is 6.92 Å². The SMILES string of the molecule is CCONC=CC=O. The lowest BCUT2D eigenvalue weighted by atomic mass is 10.7. The summed E-state index contributed by atoms with van der Waals surface area (Å²) in [5.74, 6) is 0. The third kappa shape index (κ3) is 5.17. The molecule has 0 bridgehead atoms. The van der Waals surface area contributed by atoms with Gasteiger partial charge in [-0.2, -0.15) is 0 Å². The lowest BCUT2D eigenvalue weighted by Gasteiger charge is -1.93. The van der Waals surface area contributed by atoms with Crippen molar-refractivity contribution in [2.75, 3.05) is 6.61 Å². The Kier molecular flexibility index (Phi) is 5.53. The van der Waals surface area contributed by atoms with Crippen molar-refractivity contribution in [3.63, 3.8) is 0 Å². The number of hydroxylamine groups is 1. The second kappa shape index (κ2) is 6.17. The molecule has 0 spiro atoms. The summed E-state index contributed by atoms with van der Waals surface area (Å²) >= 11 is 0. The van der Waals surface area contributed by atoms with Gasteiger partial charge in [0.2, 0.25) is 0 Å². The van der Waals surface area contributed by atoms with Crippen LogP contribution in [0.1, 0.15) is 6.92 Å². The highest BCUT2D eigenvalue weighted by Crippen LogP contribution is 1.63. The minimum atomic E-state index is 0.587. The second-order valence-electron chi connectivity index (χ2n) is 1.05. The fourth-order valence-corrected chi connectivity index (χ4v) is 0.210. The quantitative estimate of drug-likeness (QED) is 0.247. The van der Waals surface area contributed by atoms with Crippen LogP contribution >= 0.6 is 0 Å². The van der Waals surface area contributed by atoms with E-state index in [1.54, 1.807) is 0 Å². The molecule has 0 rings (SSSR count). The molecule has 0 fully saturated rings. The summed E-state index contributed by atoms with van der Waals surface area (Å²) in [5.41, 5.74) is 2.42. The van der Waals surface area contributed by atoms with Gasteiger partial charge in [-0.1, -0.05) is 0 Å². The van der Waals surface area contributed by atoms with Gasteiger partial charge >= 0.3 is 0 Å². The molecule has 1 N–H and O–H groups in total. The largest absolute Gasteiger partial charge is 0.299 e. The van der Waals surface area contributed by atoms with Gasteiger partial charge in [0.15, 0.2) is 0 Å². The molecule has 0 aromatic rings. The van der Waals surface area contributed by atoms with Crippen LogP contribution in [-0.2, 0) is 9.63 Å². The molecule has 3 heteroatoms. The molecule has 0 radical (unpaired) electrons. The zero-order valence-electron chi connectivity index (χ0n) is 4.76. The Morgan fingerprint density at radius 3 is 3.00 bits per heavy atom. The maximum absolute atomic E-state index is 9.59. The first-order chi connectivity index (χ1) is 3.91. The van der Waals surface area contributed by atoms with E-state index in [1.165, 1.54) is 12.3 Å². The van der Waals surface area contributed by atoms with Crippen molar-refractivity contribution in [2.45, 2.75) is 6.92 Å². The molecule has 0 aromatic carbocycles. The van der Waals surface area contributed by atoms with Gasteiger partial charge in [0.25, 0.3) is 0 Å². The molecule has 0 saturated carbocycles. The number of rotatable bonds is 4. The van der Waals surface area contributed by atoms with Crippen molar-refractivity contribution < 1.29 is 9.63 Å². The fraction of sp³-hybridized carbons (Fsp3) is 0.400. The van der Waals surface area contributed by atoms with Gasteiger partial charge in [-0.25, -0.2) is 0 Å². The number of hydrogen-bond acceptors (Lipinski definition) is 3. The minimum Gasteiger partial charge on any atom is -0.299 e. The molecule has 3 nitrogen and oxygen atoms in total. The summed E-state index contributed by atoms with van der Waals surface area (Å²) in [4.78, 5) is 14.2. The highest BCUT2D eigenvalue weighted by Gasteiger charge is 1.68. The number of carbonyl (C=O) groups excluding carboxylic acids is 1. The molecular weight excluding hydrogens is 106 g/mol. The zero-order valence-corrected chi connectivity index (χ0v) is 4.76. The van der Waals surface area contributed by atoms with Crippen molar-refractivity contribution in [3.8, 4) is 0 Å². The van der Waals surface area contributed by atoms with Crippen LogP contribution in [0, 0.1) is 0 Å². The average molecular weight is 115 g/mol. The summed E-state index contributed by atoms with van der Waals surface area (Å²) in [6.45, 7) is 2.44. The summed E-state index contributed by atoms with van der Waals surface area (Å²) in [6, 6.07) is 0. The maximum Gasteiger partial charge on any atom is 0.144 e. The normalized spacial score (nSPS) is 9.62. The van der Waals surface area contributed by atoms with E-state index in [0.717, 1.165) is 0 Å². The van der Waals surface area contributed by atoms with Crippen LogP contribution in [-0.4, -0.2) is 12.9 Å². The Labute approximate surface area is 48.3 Å². The molecule has 0 aliphatic rings. The number of allylic oxidation sites excluding steroid dienone is 1. The lowest BCUT2D eigenvalue weighted by Crippen LogP contribution is -2.04. The summed E-state index contributed by atoms with van der Waals surface area (Å²) in [7, 11) is 0. The molecule has 0 aliphatic heterocycles. The molecule has 8 heavy (non-hydrogen) atoms. The van der Waals surface area contributed by atoms with E-state index >= 15 is 0 Å². The van der Waals surface area contributed by atoms with Crippen molar-refractivity contribution >= 4 is 6.29 Å². The molecule has 0 aromatic heterocycles. The van der Waals surface area contributed by atoms with Crippen molar-refractivity contribution in [1.29, 1.82) is 0 Å². The predicted octanol–water partition coefficient (Wildman–Crippen LogP) is 0.240. The van der Waals surface area contributed by atoms with Gasteiger partial charge in [0.1, 0.15) is 6.29 Å². The van der Waals surface area contributed by atoms with Crippen molar-refractivity contribution in [3.05, 3.63) is 12.3 Å². The Morgan fingerprint density at radius 1 is 1.75 bits per heavy atom. The lowest BCUT2D eigenvalue weighted by molar-refractivity contribution is -0.104. The summed E-state index contributed by atoms with van der Waals surface area (Å²) in [5, 5.41) is 0. The van der Waals surface area contributed by atoms with Gasteiger partial charge < -0.3 is 0 Å². The van der Waals surface area contributed by atoms with Crippen LogP contribution in [0.4, 0.5) is 0 Å². The first-order valence-corrected chi connectivity index (χ1v) is 2.39. The molecule has 0 atom stereocenters. The Hall–Kier alpha value is -0.830. The van der Waals surface area contributed by atoms with E-state index in [9.17, 15) is 4.79 Å². The number of hydrogen-bond donors (Lipinski definition) is 1. The van der Waals surface area contributed by atoms with E-state index in [4.69, 9.17) is 0 Å². The monoisotopic (exact) mass is 115 g/mol. The van der Waals surface area contributed by atoms with Gasteiger partial charge in [-0.3, -0.25) is 15.1 Å². The van der Waals surface area contributed by atoms with Crippen molar-refractivity contribution in [2.24, 2.45) is 0 Å². The number of nitrogens with one attached hydrogen (secondary N) is 1. The van der Waals surface area contributed by atoms with Crippen LogP contribution in [0.25, 0.3) is 0 Å². The first kappa shape index (κ1) is 7.17. The van der Waals surface area contributed by atoms with E-state index in [2.05, 4.69) is 10.3 Å². The van der Waals surface area contributed by atoms with Crippen LogP contribution in [0.3, 0.4) is 0 Å². The Balaban J connectivity index is 2.91. The molecule has 0 unspecified atom stereocenters. The Bertz CT molecular complexity index is 80.5. The third-order valence-corrected chi connectivity index (χ3v) is 0.471. The van der Waals surface area contributed by atoms with Gasteiger partial charge in [-0.15, -0.1) is 0 Å². The van der Waals surface area contributed by atoms with Crippen LogP contribution in [0.5, 0.6) is 0 Å². The predicted molar refractivity (Wildman–Crippen MR) is 30.0 cm³/mol. The number of aldehydes is 1. The van der Waals surface area contributed by atoms with E-state index < -0.39 is 0 Å². The summed E-state index contributed by atoms with van der Waals surface area (Å²) in [6.07, 6.45) is 3.41. The van der Waals surface area contributed by atoms with Crippen LogP contribution < -0.4 is 5.48 Å². The van der Waals surface area contributed by atoms with Crippen molar-refractivity contribution in [1.82, 2.24) is 5.48 Å². The maximum atomic E-state index is 9.59. The van der Waals surface area contributed by atoms with Gasteiger partial charge in [-0.05, 0) is 13.0 Å². The molecule has 46 valence electrons. The highest BCUT2D eigenvalue weighted by atomic mass is 16.6. The number of carbonyl (C=O) groups is 1. The van der Waals surface area contributed by atoms with Gasteiger partial charge in [0, 0.05) is 6.20 Å². The first-order valence-electron chi connectivity index (χ1n) is 2.39. The standard InChI is InChI=1S/C5H9NO2/c1-2-8-6-4-3-5-7/h3-6H,2H2,1H3. The highest BCUT2D eigenvalue weighted by molar-refractivity contribution is 5.64. The van der Waals surface area contributed by atoms with Crippen LogP contribution in [0.2, 0.25) is 0 Å². The summed E-state index contributed by atoms with van der Waals surface area (Å²) < 4.78 is 0. The minimum absolute atomic E-state index is 0.587. The van der Waals surface area contributed by atoms with E-state index in [-0.39, 0.29) is 0 Å². The molecule has 0 aliphatic carbocycles. The van der Waals surface area contributed by atoms with Crippen LogP contribution in [0.15, 0.2) is 12.3 Å². The molecule has 0 heterocycles. The zero-order chi connectivity index (χ0) is 6.24. The topological polar surface area (TPSA) is 38.3 Å². The van der Waals surface area contributed by atoms with E-state index in [0.29, 0.717) is 12.9 Å². The molecule has 0 saturated heterocycles. The third-order valence-electron chi connectivity index (χ3n) is 0.471. The fourth-order valence-electron chi connectivity index (χ4n) is 0.210. The second-order valence-corrected chi connectivity index (χ2v) is 1.05. The Morgan fingerprint density at radius 2 is 2.50 bits per heavy atom.